The largest absolute Gasteiger partial charge is 0.263 e. The van der Waals surface area contributed by atoms with E-state index in [1.807, 2.05) is 6.07 Å². The molecule has 3 heteroatoms. The van der Waals surface area contributed by atoms with E-state index in [2.05, 4.69) is 18.8 Å². The van der Waals surface area contributed by atoms with Gasteiger partial charge in [-0.1, -0.05) is 25.4 Å². The molecule has 0 saturated heterocycles. The van der Waals surface area contributed by atoms with Crippen LogP contribution in [0.15, 0.2) is 18.5 Å². The van der Waals surface area contributed by atoms with Crippen molar-refractivity contribution in [2.45, 2.75) is 32.1 Å². The Morgan fingerprint density at radius 1 is 1.43 bits per heavy atom. The van der Waals surface area contributed by atoms with E-state index in [-0.39, 0.29) is 5.38 Å². The van der Waals surface area contributed by atoms with Gasteiger partial charge in [0, 0.05) is 17.8 Å². The van der Waals surface area contributed by atoms with Crippen LogP contribution in [0, 0.1) is 5.92 Å². The Hall–Kier alpha value is -0.270. The first-order chi connectivity index (χ1) is 6.59. The van der Waals surface area contributed by atoms with E-state index in [0.717, 1.165) is 18.4 Å². The van der Waals surface area contributed by atoms with Gasteiger partial charge in [0.05, 0.1) is 5.02 Å². The van der Waals surface area contributed by atoms with E-state index in [1.54, 1.807) is 12.4 Å². The number of aromatic nitrogens is 1. The number of pyridine rings is 1. The van der Waals surface area contributed by atoms with E-state index < -0.39 is 0 Å². The fourth-order valence-electron chi connectivity index (χ4n) is 1.40. The second kappa shape index (κ2) is 5.57. The molecule has 0 saturated carbocycles. The zero-order valence-corrected chi connectivity index (χ0v) is 10.0. The number of hydrogen-bond donors (Lipinski definition) is 0. The lowest BCUT2D eigenvalue weighted by atomic mass is 10.0. The molecule has 1 atom stereocenters. The molecule has 14 heavy (non-hydrogen) atoms. The number of nitrogens with zero attached hydrogens (tertiary/aromatic N) is 1. The van der Waals surface area contributed by atoms with Gasteiger partial charge in [0.2, 0.25) is 0 Å². The molecule has 0 radical (unpaired) electrons. The van der Waals surface area contributed by atoms with Crippen molar-refractivity contribution in [2.24, 2.45) is 5.92 Å². The van der Waals surface area contributed by atoms with Gasteiger partial charge in [0.1, 0.15) is 0 Å². The molecule has 0 spiro atoms. The second-order valence-electron chi connectivity index (χ2n) is 3.90. The molecule has 0 aliphatic heterocycles. The predicted octanol–water partition coefficient (Wildman–Crippen LogP) is 3.93. The summed E-state index contributed by atoms with van der Waals surface area (Å²) in [5.74, 6) is 0.623. The Labute approximate surface area is 95.4 Å². The van der Waals surface area contributed by atoms with Gasteiger partial charge < -0.3 is 0 Å². The molecule has 1 aromatic heterocycles. The highest BCUT2D eigenvalue weighted by atomic mass is 35.5. The van der Waals surface area contributed by atoms with Crippen LogP contribution in [0.4, 0.5) is 0 Å². The Morgan fingerprint density at radius 2 is 2.14 bits per heavy atom. The maximum Gasteiger partial charge on any atom is 0.0621 e. The van der Waals surface area contributed by atoms with Crippen molar-refractivity contribution in [3.05, 3.63) is 29.0 Å². The lowest BCUT2D eigenvalue weighted by Gasteiger charge is -2.12. The van der Waals surface area contributed by atoms with Crippen molar-refractivity contribution >= 4 is 23.2 Å². The third-order valence-corrected chi connectivity index (χ3v) is 2.70. The van der Waals surface area contributed by atoms with E-state index in [4.69, 9.17) is 23.2 Å². The lowest BCUT2D eigenvalue weighted by molar-refractivity contribution is 0.561. The van der Waals surface area contributed by atoms with Crippen LogP contribution in [0.25, 0.3) is 0 Å². The summed E-state index contributed by atoms with van der Waals surface area (Å²) in [5.41, 5.74) is 1.09. The summed E-state index contributed by atoms with van der Waals surface area (Å²) in [4.78, 5) is 3.94. The first-order valence-electron chi connectivity index (χ1n) is 4.82. The van der Waals surface area contributed by atoms with Crippen LogP contribution in [-0.4, -0.2) is 10.4 Å². The normalized spacial score (nSPS) is 13.2. The van der Waals surface area contributed by atoms with Gasteiger partial charge in [-0.05, 0) is 30.4 Å². The third-order valence-electron chi connectivity index (χ3n) is 2.02. The minimum absolute atomic E-state index is 0.162. The van der Waals surface area contributed by atoms with Gasteiger partial charge in [-0.3, -0.25) is 4.98 Å². The highest BCUT2D eigenvalue weighted by Gasteiger charge is 2.10. The average molecular weight is 232 g/mol. The molecule has 78 valence electrons. The molecule has 1 aromatic rings. The van der Waals surface area contributed by atoms with Crippen molar-refractivity contribution in [1.29, 1.82) is 0 Å². The first-order valence-corrected chi connectivity index (χ1v) is 5.63. The number of alkyl halides is 1. The van der Waals surface area contributed by atoms with Crippen molar-refractivity contribution < 1.29 is 0 Å². The topological polar surface area (TPSA) is 12.9 Å². The summed E-state index contributed by atoms with van der Waals surface area (Å²) >= 11 is 12.2. The number of rotatable bonds is 4. The van der Waals surface area contributed by atoms with E-state index in [9.17, 15) is 0 Å². The van der Waals surface area contributed by atoms with Crippen LogP contribution in [-0.2, 0) is 6.42 Å². The molecule has 0 aliphatic rings. The van der Waals surface area contributed by atoms with Gasteiger partial charge in [0.25, 0.3) is 0 Å². The molecule has 1 rings (SSSR count). The molecule has 1 unspecified atom stereocenters. The van der Waals surface area contributed by atoms with E-state index >= 15 is 0 Å². The van der Waals surface area contributed by atoms with Crippen molar-refractivity contribution in [2.75, 3.05) is 0 Å². The standard InChI is InChI=1S/C11H15Cl2N/c1-8(2)5-10(12)6-9-3-4-14-7-11(9)13/h3-4,7-8,10H,5-6H2,1-2H3. The molecular formula is C11H15Cl2N. The summed E-state index contributed by atoms with van der Waals surface area (Å²) in [5, 5.41) is 0.872. The molecule has 1 heterocycles. The molecular weight excluding hydrogens is 217 g/mol. The average Bonchev–Trinajstić information content (AvgIpc) is 2.07. The van der Waals surface area contributed by atoms with Crippen molar-refractivity contribution in [3.8, 4) is 0 Å². The SMILES string of the molecule is CC(C)CC(Cl)Cc1ccncc1Cl. The van der Waals surface area contributed by atoms with Gasteiger partial charge in [0.15, 0.2) is 0 Å². The number of hydrogen-bond acceptors (Lipinski definition) is 1. The highest BCUT2D eigenvalue weighted by Crippen LogP contribution is 2.20. The molecule has 0 aliphatic carbocycles. The summed E-state index contributed by atoms with van der Waals surface area (Å²) in [7, 11) is 0. The summed E-state index contributed by atoms with van der Waals surface area (Å²) in [6, 6.07) is 1.93. The monoisotopic (exact) mass is 231 g/mol. The van der Waals surface area contributed by atoms with E-state index in [1.165, 1.54) is 0 Å². The lowest BCUT2D eigenvalue weighted by Crippen LogP contribution is -2.07. The fourth-order valence-corrected chi connectivity index (χ4v) is 2.12. The maximum atomic E-state index is 6.20. The molecule has 0 aromatic carbocycles. The molecule has 0 N–H and O–H groups in total. The van der Waals surface area contributed by atoms with Crippen LogP contribution in [0.3, 0.4) is 0 Å². The smallest absolute Gasteiger partial charge is 0.0621 e. The molecule has 0 bridgehead atoms. The zero-order chi connectivity index (χ0) is 10.6. The highest BCUT2D eigenvalue weighted by molar-refractivity contribution is 6.31. The van der Waals surface area contributed by atoms with Gasteiger partial charge in [-0.2, -0.15) is 0 Å². The summed E-state index contributed by atoms with van der Waals surface area (Å²) in [6.45, 7) is 4.34. The van der Waals surface area contributed by atoms with Crippen LogP contribution < -0.4 is 0 Å². The van der Waals surface area contributed by atoms with Crippen LogP contribution in [0.1, 0.15) is 25.8 Å². The minimum atomic E-state index is 0.162. The van der Waals surface area contributed by atoms with Gasteiger partial charge >= 0.3 is 0 Å². The van der Waals surface area contributed by atoms with Crippen LogP contribution >= 0.6 is 23.2 Å². The van der Waals surface area contributed by atoms with Crippen molar-refractivity contribution in [3.63, 3.8) is 0 Å². The van der Waals surface area contributed by atoms with Gasteiger partial charge in [-0.25, -0.2) is 0 Å². The molecule has 1 nitrogen and oxygen atoms in total. The second-order valence-corrected chi connectivity index (χ2v) is 4.92. The molecule has 0 fully saturated rings. The first kappa shape index (κ1) is 11.8. The zero-order valence-electron chi connectivity index (χ0n) is 8.50. The molecule has 0 amide bonds. The third kappa shape index (κ3) is 3.85. The summed E-state index contributed by atoms with van der Waals surface area (Å²) in [6.07, 6.45) is 5.25. The van der Waals surface area contributed by atoms with E-state index in [0.29, 0.717) is 10.9 Å². The van der Waals surface area contributed by atoms with Crippen LogP contribution in [0.2, 0.25) is 5.02 Å². The minimum Gasteiger partial charge on any atom is -0.263 e. The van der Waals surface area contributed by atoms with Crippen LogP contribution in [0.5, 0.6) is 0 Å². The van der Waals surface area contributed by atoms with Crippen molar-refractivity contribution in [1.82, 2.24) is 4.98 Å². The fraction of sp³-hybridized carbons (Fsp3) is 0.545. The maximum absolute atomic E-state index is 6.20. The Bertz CT molecular complexity index is 286. The Balaban J connectivity index is 2.56. The van der Waals surface area contributed by atoms with Gasteiger partial charge in [-0.15, -0.1) is 11.6 Å². The quantitative estimate of drug-likeness (QED) is 0.716. The number of halogens is 2. The predicted molar refractivity (Wildman–Crippen MR) is 62.0 cm³/mol. The Morgan fingerprint density at radius 3 is 2.71 bits per heavy atom. The summed E-state index contributed by atoms with van der Waals surface area (Å²) < 4.78 is 0. The Kier molecular flexibility index (Phi) is 4.70.